The van der Waals surface area contributed by atoms with Gasteiger partial charge in [-0.25, -0.2) is 0 Å². The zero-order valence-electron chi connectivity index (χ0n) is 30.7. The van der Waals surface area contributed by atoms with Crippen molar-refractivity contribution in [2.75, 3.05) is 4.90 Å². The van der Waals surface area contributed by atoms with E-state index in [1.807, 2.05) is 0 Å². The van der Waals surface area contributed by atoms with E-state index in [1.54, 1.807) is 0 Å². The van der Waals surface area contributed by atoms with Crippen molar-refractivity contribution in [3.63, 3.8) is 0 Å². The van der Waals surface area contributed by atoms with Crippen LogP contribution in [0.4, 0.5) is 17.1 Å². The summed E-state index contributed by atoms with van der Waals surface area (Å²) in [7, 11) is 0. The standard InChI is InChI=1S/C52H41N/c1-51(2)46-17-9-7-14-42(46)44-31-26-39(33-48(44)51)36-24-29-41(30-25-36)53(49-19-11-16-45-43-15-8-10-18-47(43)52(3,4)50(45)49)40-27-22-35(23-28-40)38-21-20-34-12-5-6-13-37(34)32-38/h5-33H,1-4H3. The minimum absolute atomic E-state index is 0.0320. The Morgan fingerprint density at radius 2 is 0.830 bits per heavy atom. The molecule has 2 aliphatic carbocycles. The zero-order chi connectivity index (χ0) is 35.9. The third-order valence-electron chi connectivity index (χ3n) is 12.0. The van der Waals surface area contributed by atoms with Crippen molar-refractivity contribution in [3.8, 4) is 44.5 Å². The van der Waals surface area contributed by atoms with Crippen LogP contribution in [0.1, 0.15) is 49.9 Å². The van der Waals surface area contributed by atoms with Crippen LogP contribution in [0, 0.1) is 0 Å². The fraction of sp³-hybridized carbons (Fsp3) is 0.115. The van der Waals surface area contributed by atoms with E-state index in [9.17, 15) is 0 Å². The third kappa shape index (κ3) is 4.84. The van der Waals surface area contributed by atoms with Crippen LogP contribution < -0.4 is 4.90 Å². The molecule has 1 heteroatoms. The van der Waals surface area contributed by atoms with Crippen LogP contribution in [0.15, 0.2) is 176 Å². The van der Waals surface area contributed by atoms with E-state index < -0.39 is 0 Å². The summed E-state index contributed by atoms with van der Waals surface area (Å²) >= 11 is 0. The van der Waals surface area contributed by atoms with Gasteiger partial charge in [-0.2, -0.15) is 0 Å². The molecule has 8 aromatic rings. The summed E-state index contributed by atoms with van der Waals surface area (Å²) in [5, 5.41) is 2.52. The molecule has 0 atom stereocenters. The molecule has 254 valence electrons. The van der Waals surface area contributed by atoms with E-state index in [0.717, 1.165) is 11.4 Å². The molecule has 1 nitrogen and oxygen atoms in total. The Morgan fingerprint density at radius 3 is 1.51 bits per heavy atom. The maximum Gasteiger partial charge on any atom is 0.0508 e. The van der Waals surface area contributed by atoms with Gasteiger partial charge in [0.05, 0.1) is 5.69 Å². The second-order valence-corrected chi connectivity index (χ2v) is 15.8. The summed E-state index contributed by atoms with van der Waals surface area (Å²) in [4.78, 5) is 2.46. The lowest BCUT2D eigenvalue weighted by Gasteiger charge is -2.32. The summed E-state index contributed by atoms with van der Waals surface area (Å²) in [6.07, 6.45) is 0. The average molecular weight is 680 g/mol. The van der Waals surface area contributed by atoms with Crippen molar-refractivity contribution in [2.24, 2.45) is 0 Å². The van der Waals surface area contributed by atoms with Gasteiger partial charge in [0.1, 0.15) is 0 Å². The van der Waals surface area contributed by atoms with Crippen LogP contribution in [0.25, 0.3) is 55.3 Å². The molecule has 0 amide bonds. The third-order valence-corrected chi connectivity index (χ3v) is 12.0. The van der Waals surface area contributed by atoms with Crippen LogP contribution in [-0.4, -0.2) is 0 Å². The van der Waals surface area contributed by atoms with Crippen molar-refractivity contribution < 1.29 is 0 Å². The van der Waals surface area contributed by atoms with E-state index in [-0.39, 0.29) is 10.8 Å². The Bertz CT molecular complexity index is 2710. The molecule has 10 rings (SSSR count). The smallest absolute Gasteiger partial charge is 0.0508 e. The van der Waals surface area contributed by atoms with Crippen LogP contribution in [-0.2, 0) is 10.8 Å². The number of rotatable bonds is 5. The van der Waals surface area contributed by atoms with Crippen LogP contribution in [0.2, 0.25) is 0 Å². The summed E-state index contributed by atoms with van der Waals surface area (Å²) in [5.41, 5.74) is 19.1. The summed E-state index contributed by atoms with van der Waals surface area (Å²) in [5.74, 6) is 0. The van der Waals surface area contributed by atoms with Gasteiger partial charge in [0, 0.05) is 22.2 Å². The van der Waals surface area contributed by atoms with Gasteiger partial charge in [0.2, 0.25) is 0 Å². The lowest BCUT2D eigenvalue weighted by Crippen LogP contribution is -2.20. The van der Waals surface area contributed by atoms with E-state index in [2.05, 4.69) is 209 Å². The van der Waals surface area contributed by atoms with E-state index in [1.165, 1.54) is 83.2 Å². The van der Waals surface area contributed by atoms with Crippen molar-refractivity contribution in [2.45, 2.75) is 38.5 Å². The highest BCUT2D eigenvalue weighted by molar-refractivity contribution is 5.92. The van der Waals surface area contributed by atoms with Gasteiger partial charge in [-0.1, -0.05) is 161 Å². The molecule has 0 spiro atoms. The topological polar surface area (TPSA) is 3.24 Å². The first-order valence-electron chi connectivity index (χ1n) is 18.8. The summed E-state index contributed by atoms with van der Waals surface area (Å²) < 4.78 is 0. The van der Waals surface area contributed by atoms with Gasteiger partial charge in [0.15, 0.2) is 0 Å². The van der Waals surface area contributed by atoms with Crippen molar-refractivity contribution >= 4 is 27.8 Å². The second kappa shape index (κ2) is 11.7. The number of hydrogen-bond donors (Lipinski definition) is 0. The van der Waals surface area contributed by atoms with Crippen molar-refractivity contribution in [3.05, 3.63) is 198 Å². The first kappa shape index (κ1) is 31.5. The molecule has 2 aliphatic rings. The highest BCUT2D eigenvalue weighted by Crippen LogP contribution is 2.54. The number of anilines is 3. The number of fused-ring (bicyclic) bond motifs is 7. The molecule has 0 aliphatic heterocycles. The largest absolute Gasteiger partial charge is 0.310 e. The molecular formula is C52H41N. The molecular weight excluding hydrogens is 639 g/mol. The maximum absolute atomic E-state index is 2.46. The molecule has 0 heterocycles. The molecule has 0 saturated heterocycles. The quantitative estimate of drug-likeness (QED) is 0.175. The van der Waals surface area contributed by atoms with Gasteiger partial charge >= 0.3 is 0 Å². The van der Waals surface area contributed by atoms with E-state index >= 15 is 0 Å². The minimum atomic E-state index is -0.152. The molecule has 0 saturated carbocycles. The first-order valence-corrected chi connectivity index (χ1v) is 18.8. The Balaban J connectivity index is 1.08. The monoisotopic (exact) mass is 679 g/mol. The molecule has 0 aromatic heterocycles. The second-order valence-electron chi connectivity index (χ2n) is 15.8. The van der Waals surface area contributed by atoms with Gasteiger partial charge in [-0.15, -0.1) is 0 Å². The number of nitrogens with zero attached hydrogens (tertiary/aromatic N) is 1. The Labute approximate surface area is 312 Å². The van der Waals surface area contributed by atoms with E-state index in [0.29, 0.717) is 0 Å². The van der Waals surface area contributed by atoms with Gasteiger partial charge < -0.3 is 4.90 Å². The summed E-state index contributed by atoms with van der Waals surface area (Å²) in [6, 6.07) is 65.3. The lowest BCUT2D eigenvalue weighted by atomic mass is 9.81. The predicted molar refractivity (Wildman–Crippen MR) is 225 cm³/mol. The molecule has 53 heavy (non-hydrogen) atoms. The van der Waals surface area contributed by atoms with Crippen LogP contribution in [0.5, 0.6) is 0 Å². The molecule has 0 unspecified atom stereocenters. The highest BCUT2D eigenvalue weighted by Gasteiger charge is 2.39. The molecule has 0 bridgehead atoms. The van der Waals surface area contributed by atoms with Crippen LogP contribution in [0.3, 0.4) is 0 Å². The van der Waals surface area contributed by atoms with Crippen molar-refractivity contribution in [1.82, 2.24) is 0 Å². The Morgan fingerprint density at radius 1 is 0.340 bits per heavy atom. The van der Waals surface area contributed by atoms with E-state index in [4.69, 9.17) is 0 Å². The van der Waals surface area contributed by atoms with Gasteiger partial charge in [0.25, 0.3) is 0 Å². The van der Waals surface area contributed by atoms with Gasteiger partial charge in [-0.3, -0.25) is 0 Å². The van der Waals surface area contributed by atoms with Crippen molar-refractivity contribution in [1.29, 1.82) is 0 Å². The predicted octanol–water partition coefficient (Wildman–Crippen LogP) is 14.3. The number of benzene rings is 8. The summed E-state index contributed by atoms with van der Waals surface area (Å²) in [6.45, 7) is 9.45. The fourth-order valence-corrected chi connectivity index (χ4v) is 9.29. The van der Waals surface area contributed by atoms with Gasteiger partial charge in [-0.05, 0) is 120 Å². The fourth-order valence-electron chi connectivity index (χ4n) is 9.29. The Hall–Kier alpha value is -6.18. The highest BCUT2D eigenvalue weighted by atomic mass is 15.1. The minimum Gasteiger partial charge on any atom is -0.310 e. The Kier molecular flexibility index (Phi) is 6.94. The van der Waals surface area contributed by atoms with Crippen LogP contribution >= 0.6 is 0 Å². The zero-order valence-corrected chi connectivity index (χ0v) is 30.7. The number of hydrogen-bond acceptors (Lipinski definition) is 1. The molecule has 0 radical (unpaired) electrons. The molecule has 8 aromatic carbocycles. The molecule has 0 fully saturated rings. The molecule has 0 N–H and O–H groups in total. The average Bonchev–Trinajstić information content (AvgIpc) is 3.58. The first-order chi connectivity index (χ1) is 25.8. The normalized spacial score (nSPS) is 14.3. The SMILES string of the molecule is CC1(C)c2ccccc2-c2ccc(-c3ccc(N(c4ccc(-c5ccc6ccccc6c5)cc4)c4cccc5c4C(C)(C)c4ccccc4-5)cc3)cc21. The lowest BCUT2D eigenvalue weighted by molar-refractivity contribution is 0.660. The maximum atomic E-state index is 2.46.